The van der Waals surface area contributed by atoms with Crippen LogP contribution in [0.2, 0.25) is 5.02 Å². The van der Waals surface area contributed by atoms with Gasteiger partial charge in [-0.25, -0.2) is 0 Å². The van der Waals surface area contributed by atoms with E-state index in [4.69, 9.17) is 25.8 Å². The number of halogens is 1. The fraction of sp³-hybridized carbons (Fsp3) is 0.320. The Hall–Kier alpha value is -3.37. The van der Waals surface area contributed by atoms with Gasteiger partial charge in [0.15, 0.2) is 17.2 Å². The van der Waals surface area contributed by atoms with Crippen molar-refractivity contribution in [1.29, 1.82) is 0 Å². The summed E-state index contributed by atoms with van der Waals surface area (Å²) in [6.45, 7) is 4.80. The van der Waals surface area contributed by atoms with Crippen molar-refractivity contribution in [1.82, 2.24) is 15.2 Å². The van der Waals surface area contributed by atoms with Gasteiger partial charge in [0.25, 0.3) is 0 Å². The molecule has 0 radical (unpaired) electrons. The highest BCUT2D eigenvalue weighted by Crippen LogP contribution is 2.47. The number of hydrogen-bond donors (Lipinski definition) is 0. The molecule has 3 aromatic rings. The van der Waals surface area contributed by atoms with Crippen LogP contribution in [0.1, 0.15) is 45.4 Å². The number of unbranched alkanes of at least 4 members (excludes halogenated alkanes) is 1. The Morgan fingerprint density at radius 2 is 1.97 bits per heavy atom. The van der Waals surface area contributed by atoms with Crippen LogP contribution in [0.5, 0.6) is 17.4 Å². The third kappa shape index (κ3) is 5.24. The van der Waals surface area contributed by atoms with E-state index in [1.165, 1.54) is 43.7 Å². The first-order valence-corrected chi connectivity index (χ1v) is 12.7. The van der Waals surface area contributed by atoms with Gasteiger partial charge in [-0.1, -0.05) is 54.9 Å². The second-order valence-electron chi connectivity index (χ2n) is 7.95. The smallest absolute Gasteiger partial charge is 0.308 e. The summed E-state index contributed by atoms with van der Waals surface area (Å²) in [6.07, 6.45) is 0.946. The van der Waals surface area contributed by atoms with Crippen molar-refractivity contribution in [3.05, 3.63) is 47.0 Å². The van der Waals surface area contributed by atoms with Crippen molar-refractivity contribution in [2.24, 2.45) is 0 Å². The largest absolute Gasteiger partial charge is 0.493 e. The van der Waals surface area contributed by atoms with Crippen LogP contribution in [0, 0.1) is 0 Å². The topological polar surface area (TPSA) is 104 Å². The number of para-hydroxylation sites is 1. The second-order valence-corrected chi connectivity index (χ2v) is 9.45. The van der Waals surface area contributed by atoms with Gasteiger partial charge < -0.3 is 14.2 Å². The predicted octanol–water partition coefficient (Wildman–Crippen LogP) is 5.46. The van der Waals surface area contributed by atoms with Gasteiger partial charge in [0.2, 0.25) is 23.2 Å². The Kier molecular flexibility index (Phi) is 7.95. The molecule has 4 rings (SSSR count). The Morgan fingerprint density at radius 3 is 2.67 bits per heavy atom. The number of benzene rings is 2. The van der Waals surface area contributed by atoms with Crippen LogP contribution in [0.15, 0.2) is 41.6 Å². The SMILES string of the molecule is CCCCSc1nnc2c(n1)O[C@H](c1cc(Cl)cc(OC)c1OC(C)=O)N(C(C)=O)c1ccccc1-2. The minimum atomic E-state index is -1.10. The quantitative estimate of drug-likeness (QED) is 0.171. The van der Waals surface area contributed by atoms with Gasteiger partial charge in [-0.3, -0.25) is 14.5 Å². The van der Waals surface area contributed by atoms with E-state index in [2.05, 4.69) is 22.1 Å². The third-order valence-corrected chi connectivity index (χ3v) is 6.50. The molecule has 1 aromatic heterocycles. The lowest BCUT2D eigenvalue weighted by Gasteiger charge is -2.31. The monoisotopic (exact) mass is 528 g/mol. The number of methoxy groups -OCH3 is 1. The molecule has 188 valence electrons. The molecule has 1 aliphatic heterocycles. The van der Waals surface area contributed by atoms with Crippen LogP contribution in [0.3, 0.4) is 0 Å². The number of aromatic nitrogens is 3. The number of hydrogen-bond acceptors (Lipinski definition) is 9. The number of esters is 1. The lowest BCUT2D eigenvalue weighted by molar-refractivity contribution is -0.132. The average Bonchev–Trinajstić information content (AvgIpc) is 2.99. The highest BCUT2D eigenvalue weighted by Gasteiger charge is 2.37. The van der Waals surface area contributed by atoms with Crippen LogP contribution in [0.4, 0.5) is 5.69 Å². The number of carbonyl (C=O) groups excluding carboxylic acids is 2. The van der Waals surface area contributed by atoms with Crippen molar-refractivity contribution in [3.8, 4) is 28.6 Å². The second kappa shape index (κ2) is 11.1. The van der Waals surface area contributed by atoms with E-state index in [-0.39, 0.29) is 23.3 Å². The van der Waals surface area contributed by atoms with E-state index in [1.54, 1.807) is 18.2 Å². The van der Waals surface area contributed by atoms with E-state index in [9.17, 15) is 9.59 Å². The number of thioether (sulfide) groups is 1. The molecule has 0 N–H and O–H groups in total. The Morgan fingerprint density at radius 1 is 1.19 bits per heavy atom. The molecule has 0 fully saturated rings. The van der Waals surface area contributed by atoms with Crippen molar-refractivity contribution in [2.45, 2.75) is 45.0 Å². The molecule has 1 amide bonds. The molecule has 11 heteroatoms. The zero-order valence-corrected chi connectivity index (χ0v) is 21.9. The summed E-state index contributed by atoms with van der Waals surface area (Å²) >= 11 is 7.87. The summed E-state index contributed by atoms with van der Waals surface area (Å²) in [6, 6.07) is 10.3. The maximum atomic E-state index is 13.1. The van der Waals surface area contributed by atoms with Crippen LogP contribution in [-0.4, -0.2) is 39.9 Å². The minimum absolute atomic E-state index is 0.0890. The lowest BCUT2D eigenvalue weighted by Crippen LogP contribution is -2.36. The zero-order valence-electron chi connectivity index (χ0n) is 20.3. The van der Waals surface area contributed by atoms with Crippen LogP contribution in [0.25, 0.3) is 11.3 Å². The molecule has 0 saturated heterocycles. The van der Waals surface area contributed by atoms with E-state index in [1.807, 2.05) is 12.1 Å². The zero-order chi connectivity index (χ0) is 25.8. The molecular weight excluding hydrogens is 504 g/mol. The number of ether oxygens (including phenoxy) is 3. The molecule has 0 unspecified atom stereocenters. The van der Waals surface area contributed by atoms with E-state index in [0.29, 0.717) is 32.7 Å². The van der Waals surface area contributed by atoms with Crippen molar-refractivity contribution < 1.29 is 23.8 Å². The van der Waals surface area contributed by atoms with Crippen LogP contribution in [-0.2, 0) is 9.59 Å². The Balaban J connectivity index is 1.95. The van der Waals surface area contributed by atoms with Crippen LogP contribution < -0.4 is 19.1 Å². The Labute approximate surface area is 218 Å². The maximum absolute atomic E-state index is 13.1. The van der Waals surface area contributed by atoms with Gasteiger partial charge in [0.05, 0.1) is 18.4 Å². The van der Waals surface area contributed by atoms with Gasteiger partial charge in [-0.05, 0) is 18.6 Å². The molecule has 9 nitrogen and oxygen atoms in total. The number of rotatable bonds is 7. The summed E-state index contributed by atoms with van der Waals surface area (Å²) in [7, 11) is 1.43. The minimum Gasteiger partial charge on any atom is -0.493 e. The standard InChI is InChI=1S/C25H25ClN4O5S/c1-5-6-11-36-25-27-23-21(28-29-25)17-9-7-8-10-19(17)30(14(2)31)24(35-23)18-12-16(26)13-20(33-4)22(18)34-15(3)32/h7-10,12-13,24H,5-6,11H2,1-4H3/t24-/m1/s1. The predicted molar refractivity (Wildman–Crippen MR) is 137 cm³/mol. The maximum Gasteiger partial charge on any atom is 0.308 e. The molecule has 0 bridgehead atoms. The summed E-state index contributed by atoms with van der Waals surface area (Å²) in [5.41, 5.74) is 1.86. The number of nitrogens with zero attached hydrogens (tertiary/aromatic N) is 4. The first-order chi connectivity index (χ1) is 17.3. The van der Waals surface area contributed by atoms with Gasteiger partial charge in [-0.2, -0.15) is 4.98 Å². The molecule has 0 saturated carbocycles. The molecule has 2 heterocycles. The summed E-state index contributed by atoms with van der Waals surface area (Å²) in [4.78, 5) is 31.1. The molecular formula is C25H25ClN4O5S. The van der Waals surface area contributed by atoms with Gasteiger partial charge >= 0.3 is 5.97 Å². The normalized spacial score (nSPS) is 14.2. The van der Waals surface area contributed by atoms with E-state index >= 15 is 0 Å². The van der Waals surface area contributed by atoms with E-state index < -0.39 is 12.2 Å². The fourth-order valence-corrected chi connectivity index (χ4v) is 4.88. The third-order valence-electron chi connectivity index (χ3n) is 5.36. The molecule has 2 aromatic carbocycles. The first-order valence-electron chi connectivity index (χ1n) is 11.3. The van der Waals surface area contributed by atoms with Gasteiger partial charge in [-0.15, -0.1) is 10.2 Å². The van der Waals surface area contributed by atoms with Crippen LogP contribution >= 0.6 is 23.4 Å². The first kappa shape index (κ1) is 25.7. The summed E-state index contributed by atoms with van der Waals surface area (Å²) in [5, 5.41) is 9.45. The molecule has 1 atom stereocenters. The summed E-state index contributed by atoms with van der Waals surface area (Å²) < 4.78 is 17.3. The number of fused-ring (bicyclic) bond motifs is 3. The van der Waals surface area contributed by atoms with Crippen molar-refractivity contribution in [2.75, 3.05) is 17.8 Å². The van der Waals surface area contributed by atoms with Gasteiger partial charge in [0.1, 0.15) is 0 Å². The molecule has 0 spiro atoms. The van der Waals surface area contributed by atoms with Crippen molar-refractivity contribution in [3.63, 3.8) is 0 Å². The lowest BCUT2D eigenvalue weighted by atomic mass is 10.1. The number of amides is 1. The van der Waals surface area contributed by atoms with E-state index in [0.717, 1.165) is 18.6 Å². The number of carbonyl (C=O) groups is 2. The highest BCUT2D eigenvalue weighted by molar-refractivity contribution is 7.99. The molecule has 0 aliphatic carbocycles. The van der Waals surface area contributed by atoms with Crippen molar-refractivity contribution >= 4 is 40.9 Å². The average molecular weight is 529 g/mol. The number of anilines is 1. The fourth-order valence-electron chi connectivity index (χ4n) is 3.80. The Bertz CT molecular complexity index is 1310. The summed E-state index contributed by atoms with van der Waals surface area (Å²) in [5.74, 6) is 0.439. The molecule has 36 heavy (non-hydrogen) atoms. The highest BCUT2D eigenvalue weighted by atomic mass is 35.5. The molecule has 1 aliphatic rings. The van der Waals surface area contributed by atoms with Gasteiger partial charge in [0, 0.05) is 36.3 Å².